The zero-order valence-electron chi connectivity index (χ0n) is 15.7. The van der Waals surface area contributed by atoms with E-state index in [4.69, 9.17) is 0 Å². The van der Waals surface area contributed by atoms with Crippen LogP contribution < -0.4 is 0 Å². The summed E-state index contributed by atoms with van der Waals surface area (Å²) in [6, 6.07) is 5.42. The first-order valence-electron chi connectivity index (χ1n) is 8.87. The highest BCUT2D eigenvalue weighted by Crippen LogP contribution is 2.22. The van der Waals surface area contributed by atoms with Crippen molar-refractivity contribution < 1.29 is 13.2 Å². The lowest BCUT2D eigenvalue weighted by atomic mass is 10.2. The number of likely N-dealkylation sites (N-methyl/N-ethyl adjacent to an activating group) is 1. The molecule has 1 aromatic carbocycles. The summed E-state index contributed by atoms with van der Waals surface area (Å²) in [7, 11) is -3.48. The highest BCUT2D eigenvalue weighted by atomic mass is 32.2. The summed E-state index contributed by atoms with van der Waals surface area (Å²) in [4.78, 5) is 16.4. The number of carbonyl (C=O) groups is 1. The summed E-state index contributed by atoms with van der Waals surface area (Å²) in [5.74, 6) is 0.107. The number of sulfonamides is 1. The lowest BCUT2D eigenvalue weighted by molar-refractivity contribution is -0.132. The molecule has 1 amide bonds. The Morgan fingerprint density at radius 3 is 2.20 bits per heavy atom. The quantitative estimate of drug-likeness (QED) is 0.764. The third kappa shape index (κ3) is 4.59. The van der Waals surface area contributed by atoms with Crippen LogP contribution in [0.4, 0.5) is 0 Å². The van der Waals surface area contributed by atoms with E-state index in [1.54, 1.807) is 11.0 Å². The molecule has 0 atom stereocenters. The number of carbonyl (C=O) groups excluding carboxylic acids is 1. The minimum Gasteiger partial charge on any atom is -0.342 e. The van der Waals surface area contributed by atoms with E-state index < -0.39 is 10.0 Å². The van der Waals surface area contributed by atoms with Gasteiger partial charge in [-0.25, -0.2) is 8.42 Å². The summed E-state index contributed by atoms with van der Waals surface area (Å²) < 4.78 is 27.3. The molecule has 1 fully saturated rings. The Morgan fingerprint density at radius 1 is 1.08 bits per heavy atom. The lowest BCUT2D eigenvalue weighted by Crippen LogP contribution is -2.51. The molecule has 0 aliphatic carbocycles. The minimum absolute atomic E-state index is 0.107. The number of aryl methyl sites for hydroxylation is 2. The van der Waals surface area contributed by atoms with Gasteiger partial charge in [0.1, 0.15) is 0 Å². The molecule has 1 heterocycles. The molecular formula is C18H29N3O3S. The van der Waals surface area contributed by atoms with E-state index in [9.17, 15) is 13.2 Å². The SMILES string of the molecule is CCN(CC)C(=O)CN1CCN(S(=O)(=O)c2ccc(C)cc2C)CC1. The Labute approximate surface area is 151 Å². The fourth-order valence-electron chi connectivity index (χ4n) is 3.22. The second kappa shape index (κ2) is 8.29. The Morgan fingerprint density at radius 2 is 1.68 bits per heavy atom. The average molecular weight is 368 g/mol. The van der Waals surface area contributed by atoms with Gasteiger partial charge in [0.05, 0.1) is 11.4 Å². The Hall–Kier alpha value is -1.44. The van der Waals surface area contributed by atoms with Gasteiger partial charge in [0.2, 0.25) is 15.9 Å². The van der Waals surface area contributed by atoms with Gasteiger partial charge in [-0.3, -0.25) is 9.69 Å². The fourth-order valence-corrected chi connectivity index (χ4v) is 4.85. The maximum absolute atomic E-state index is 12.9. The zero-order chi connectivity index (χ0) is 18.6. The van der Waals surface area contributed by atoms with Crippen LogP contribution in [0.2, 0.25) is 0 Å². The van der Waals surface area contributed by atoms with Gasteiger partial charge in [-0.05, 0) is 39.3 Å². The molecule has 6 nitrogen and oxygen atoms in total. The maximum Gasteiger partial charge on any atom is 0.243 e. The van der Waals surface area contributed by atoms with E-state index in [1.807, 2.05) is 44.7 Å². The first kappa shape index (κ1) is 19.9. The minimum atomic E-state index is -3.48. The van der Waals surface area contributed by atoms with Crippen LogP contribution in [0.3, 0.4) is 0 Å². The summed E-state index contributed by atoms with van der Waals surface area (Å²) in [6.07, 6.45) is 0. The van der Waals surface area contributed by atoms with Crippen LogP contribution in [0, 0.1) is 13.8 Å². The first-order valence-corrected chi connectivity index (χ1v) is 10.3. The molecule has 1 saturated heterocycles. The van der Waals surface area contributed by atoms with Crippen LogP contribution in [0.25, 0.3) is 0 Å². The van der Waals surface area contributed by atoms with E-state index in [-0.39, 0.29) is 5.91 Å². The molecule has 7 heteroatoms. The van der Waals surface area contributed by atoms with E-state index in [1.165, 1.54) is 4.31 Å². The molecule has 0 saturated carbocycles. The van der Waals surface area contributed by atoms with Gasteiger partial charge < -0.3 is 4.90 Å². The van der Waals surface area contributed by atoms with Crippen molar-refractivity contribution in [2.24, 2.45) is 0 Å². The summed E-state index contributed by atoms with van der Waals surface area (Å²) >= 11 is 0. The van der Waals surface area contributed by atoms with Crippen molar-refractivity contribution >= 4 is 15.9 Å². The largest absolute Gasteiger partial charge is 0.342 e. The molecule has 140 valence electrons. The molecule has 0 bridgehead atoms. The van der Waals surface area contributed by atoms with Crippen molar-refractivity contribution in [3.05, 3.63) is 29.3 Å². The predicted molar refractivity (Wildman–Crippen MR) is 99.0 cm³/mol. The Bertz CT molecular complexity index is 706. The van der Waals surface area contributed by atoms with Gasteiger partial charge in [0.15, 0.2) is 0 Å². The molecule has 2 rings (SSSR count). The molecule has 1 aliphatic rings. The molecule has 0 radical (unpaired) electrons. The normalized spacial score (nSPS) is 16.8. The number of rotatable bonds is 6. The van der Waals surface area contributed by atoms with Crippen molar-refractivity contribution in [3.8, 4) is 0 Å². The lowest BCUT2D eigenvalue weighted by Gasteiger charge is -2.34. The third-order valence-electron chi connectivity index (χ3n) is 4.75. The second-order valence-corrected chi connectivity index (χ2v) is 8.42. The molecule has 25 heavy (non-hydrogen) atoms. The number of nitrogens with zero attached hydrogens (tertiary/aromatic N) is 3. The molecule has 0 spiro atoms. The van der Waals surface area contributed by atoms with Gasteiger partial charge in [-0.1, -0.05) is 17.7 Å². The van der Waals surface area contributed by atoms with Crippen LogP contribution in [0.1, 0.15) is 25.0 Å². The number of benzene rings is 1. The zero-order valence-corrected chi connectivity index (χ0v) is 16.5. The molecule has 0 unspecified atom stereocenters. The van der Waals surface area contributed by atoms with E-state index >= 15 is 0 Å². The number of amides is 1. The van der Waals surface area contributed by atoms with Crippen LogP contribution in [-0.4, -0.2) is 74.2 Å². The first-order chi connectivity index (χ1) is 11.8. The maximum atomic E-state index is 12.9. The molecular weight excluding hydrogens is 338 g/mol. The highest BCUT2D eigenvalue weighted by Gasteiger charge is 2.30. The van der Waals surface area contributed by atoms with Crippen LogP contribution in [0.15, 0.2) is 23.1 Å². The van der Waals surface area contributed by atoms with E-state index in [0.29, 0.717) is 50.7 Å². The van der Waals surface area contributed by atoms with Crippen LogP contribution in [0.5, 0.6) is 0 Å². The van der Waals surface area contributed by atoms with Gasteiger partial charge in [0.25, 0.3) is 0 Å². The Kier molecular flexibility index (Phi) is 6.59. The second-order valence-electron chi connectivity index (χ2n) is 6.52. The number of hydrogen-bond donors (Lipinski definition) is 0. The molecule has 0 aromatic heterocycles. The smallest absolute Gasteiger partial charge is 0.243 e. The topological polar surface area (TPSA) is 60.9 Å². The monoisotopic (exact) mass is 367 g/mol. The average Bonchev–Trinajstić information content (AvgIpc) is 2.56. The Balaban J connectivity index is 2.00. The van der Waals surface area contributed by atoms with Gasteiger partial charge in [-0.2, -0.15) is 4.31 Å². The van der Waals surface area contributed by atoms with Crippen molar-refractivity contribution in [2.45, 2.75) is 32.6 Å². The fraction of sp³-hybridized carbons (Fsp3) is 0.611. The van der Waals surface area contributed by atoms with Crippen molar-refractivity contribution in [2.75, 3.05) is 45.8 Å². The van der Waals surface area contributed by atoms with Crippen molar-refractivity contribution in [1.82, 2.24) is 14.1 Å². The highest BCUT2D eigenvalue weighted by molar-refractivity contribution is 7.89. The van der Waals surface area contributed by atoms with Gasteiger partial charge >= 0.3 is 0 Å². The predicted octanol–water partition coefficient (Wildman–Crippen LogP) is 1.48. The van der Waals surface area contributed by atoms with Crippen LogP contribution in [-0.2, 0) is 14.8 Å². The number of piperazine rings is 1. The van der Waals surface area contributed by atoms with Crippen LogP contribution >= 0.6 is 0 Å². The third-order valence-corrected chi connectivity index (χ3v) is 6.81. The molecule has 1 aliphatic heterocycles. The summed E-state index contributed by atoms with van der Waals surface area (Å²) in [5.41, 5.74) is 1.83. The molecule has 0 N–H and O–H groups in total. The summed E-state index contributed by atoms with van der Waals surface area (Å²) in [5, 5.41) is 0. The summed E-state index contributed by atoms with van der Waals surface area (Å²) in [6.45, 7) is 11.5. The molecule has 1 aromatic rings. The number of hydrogen-bond acceptors (Lipinski definition) is 4. The standard InChI is InChI=1S/C18H29N3O3S/c1-5-20(6-2)18(22)14-19-9-11-21(12-10-19)25(23,24)17-8-7-15(3)13-16(17)4/h7-8,13H,5-6,9-12,14H2,1-4H3. The van der Waals surface area contributed by atoms with Crippen molar-refractivity contribution in [3.63, 3.8) is 0 Å². The van der Waals surface area contributed by atoms with Crippen molar-refractivity contribution in [1.29, 1.82) is 0 Å². The van der Waals surface area contributed by atoms with Gasteiger partial charge in [-0.15, -0.1) is 0 Å². The van der Waals surface area contributed by atoms with E-state index in [2.05, 4.69) is 0 Å². The van der Waals surface area contributed by atoms with Gasteiger partial charge in [0, 0.05) is 39.3 Å². The van der Waals surface area contributed by atoms with E-state index in [0.717, 1.165) is 11.1 Å².